The highest BCUT2D eigenvalue weighted by Crippen LogP contribution is 2.27. The van der Waals surface area contributed by atoms with Crippen molar-refractivity contribution in [3.63, 3.8) is 0 Å². The van der Waals surface area contributed by atoms with Gasteiger partial charge in [0.15, 0.2) is 11.5 Å². The number of benzene rings is 1. The molecule has 1 rings (SSSR count). The minimum atomic E-state index is 0.778. The Kier molecular flexibility index (Phi) is 10.6. The maximum atomic E-state index is 5.21. The van der Waals surface area contributed by atoms with Crippen molar-refractivity contribution in [2.75, 3.05) is 33.7 Å². The fourth-order valence-electron chi connectivity index (χ4n) is 1.31. The first-order chi connectivity index (χ1) is 8.73. The molecule has 0 atom stereocenters. The minimum Gasteiger partial charge on any atom is -0.493 e. The van der Waals surface area contributed by atoms with Gasteiger partial charge in [0.05, 0.1) is 14.2 Å². The quantitative estimate of drug-likeness (QED) is 0.808. The molecule has 1 aromatic rings. The molecule has 4 heteroatoms. The predicted molar refractivity (Wildman–Crippen MR) is 78.2 cm³/mol. The molecule has 0 aromatic heterocycles. The largest absolute Gasteiger partial charge is 0.493 e. The standard InChI is InChI=1S/C11H17NO2.C3H7Cl/c1-12-7-6-9-4-5-10(13-2)11(8-9)14-3;1-2-3-4/h4-5,8,12H,6-7H2,1-3H3;2-3H2,1H3. The van der Waals surface area contributed by atoms with Gasteiger partial charge in [-0.15, -0.1) is 11.6 Å². The molecule has 0 aliphatic heterocycles. The van der Waals surface area contributed by atoms with Crippen LogP contribution in [0.5, 0.6) is 11.5 Å². The Balaban J connectivity index is 0.000000631. The van der Waals surface area contributed by atoms with Crippen molar-refractivity contribution in [3.05, 3.63) is 23.8 Å². The maximum Gasteiger partial charge on any atom is 0.160 e. The molecule has 0 spiro atoms. The summed E-state index contributed by atoms with van der Waals surface area (Å²) in [5.74, 6) is 2.36. The molecular weight excluding hydrogens is 250 g/mol. The van der Waals surface area contributed by atoms with Gasteiger partial charge in [-0.3, -0.25) is 0 Å². The van der Waals surface area contributed by atoms with E-state index >= 15 is 0 Å². The summed E-state index contributed by atoms with van der Waals surface area (Å²) in [7, 11) is 5.24. The predicted octanol–water partition coefficient (Wildman–Crippen LogP) is 3.10. The molecule has 0 unspecified atom stereocenters. The van der Waals surface area contributed by atoms with Crippen molar-refractivity contribution in [1.82, 2.24) is 5.32 Å². The highest BCUT2D eigenvalue weighted by atomic mass is 35.5. The number of rotatable bonds is 6. The lowest BCUT2D eigenvalue weighted by Crippen LogP contribution is -2.10. The molecule has 1 aromatic carbocycles. The van der Waals surface area contributed by atoms with E-state index in [1.54, 1.807) is 14.2 Å². The van der Waals surface area contributed by atoms with Gasteiger partial charge in [0.1, 0.15) is 0 Å². The van der Waals surface area contributed by atoms with Crippen LogP contribution < -0.4 is 14.8 Å². The van der Waals surface area contributed by atoms with Crippen molar-refractivity contribution in [2.24, 2.45) is 0 Å². The highest BCUT2D eigenvalue weighted by molar-refractivity contribution is 6.17. The smallest absolute Gasteiger partial charge is 0.160 e. The van der Waals surface area contributed by atoms with Crippen LogP contribution in [0.1, 0.15) is 18.9 Å². The molecule has 0 aliphatic rings. The topological polar surface area (TPSA) is 30.5 Å². The second kappa shape index (κ2) is 11.2. The van der Waals surface area contributed by atoms with Crippen LogP contribution in [0, 0.1) is 0 Å². The van der Waals surface area contributed by atoms with Crippen LogP contribution in [0.2, 0.25) is 0 Å². The summed E-state index contributed by atoms with van der Waals surface area (Å²) in [6.07, 6.45) is 2.08. The summed E-state index contributed by atoms with van der Waals surface area (Å²) in [5, 5.41) is 3.11. The molecule has 1 N–H and O–H groups in total. The summed E-state index contributed by atoms with van der Waals surface area (Å²) in [6.45, 7) is 3.02. The molecule has 18 heavy (non-hydrogen) atoms. The molecule has 0 saturated carbocycles. The van der Waals surface area contributed by atoms with Gasteiger partial charge in [-0.1, -0.05) is 13.0 Å². The lowest BCUT2D eigenvalue weighted by atomic mass is 10.1. The van der Waals surface area contributed by atoms with Crippen LogP contribution in [-0.4, -0.2) is 33.7 Å². The monoisotopic (exact) mass is 273 g/mol. The van der Waals surface area contributed by atoms with E-state index in [4.69, 9.17) is 21.1 Å². The van der Waals surface area contributed by atoms with Crippen LogP contribution in [0.15, 0.2) is 18.2 Å². The van der Waals surface area contributed by atoms with Crippen molar-refractivity contribution < 1.29 is 9.47 Å². The molecule has 3 nitrogen and oxygen atoms in total. The maximum absolute atomic E-state index is 5.21. The normalized spacial score (nSPS) is 9.39. The van der Waals surface area contributed by atoms with Gasteiger partial charge < -0.3 is 14.8 Å². The zero-order chi connectivity index (χ0) is 13.8. The van der Waals surface area contributed by atoms with Crippen molar-refractivity contribution in [3.8, 4) is 11.5 Å². The van der Waals surface area contributed by atoms with Gasteiger partial charge in [-0.2, -0.15) is 0 Å². The molecule has 0 saturated heterocycles. The third-order valence-corrected chi connectivity index (χ3v) is 2.68. The number of likely N-dealkylation sites (N-methyl/N-ethyl adjacent to an activating group) is 1. The van der Waals surface area contributed by atoms with E-state index in [0.29, 0.717) is 0 Å². The van der Waals surface area contributed by atoms with Crippen molar-refractivity contribution in [1.29, 1.82) is 0 Å². The van der Waals surface area contributed by atoms with E-state index in [2.05, 4.69) is 11.4 Å². The molecule has 0 radical (unpaired) electrons. The van der Waals surface area contributed by atoms with Gasteiger partial charge in [0.2, 0.25) is 0 Å². The van der Waals surface area contributed by atoms with E-state index in [0.717, 1.165) is 36.8 Å². The third-order valence-electron chi connectivity index (χ3n) is 2.30. The van der Waals surface area contributed by atoms with Crippen LogP contribution in [0.3, 0.4) is 0 Å². The van der Waals surface area contributed by atoms with Gasteiger partial charge in [-0.05, 0) is 44.1 Å². The van der Waals surface area contributed by atoms with E-state index in [1.807, 2.05) is 26.1 Å². The lowest BCUT2D eigenvalue weighted by Gasteiger charge is -2.09. The molecular formula is C14H24ClNO2. The summed E-state index contributed by atoms with van der Waals surface area (Å²) >= 11 is 5.19. The molecule has 0 amide bonds. The third kappa shape index (κ3) is 6.72. The number of alkyl halides is 1. The molecule has 0 bridgehead atoms. The summed E-state index contributed by atoms with van der Waals surface area (Å²) in [6, 6.07) is 6.00. The average Bonchev–Trinajstić information content (AvgIpc) is 2.44. The Hall–Kier alpha value is -0.930. The van der Waals surface area contributed by atoms with E-state index < -0.39 is 0 Å². The Morgan fingerprint density at radius 1 is 1.17 bits per heavy atom. The van der Waals surface area contributed by atoms with Crippen molar-refractivity contribution in [2.45, 2.75) is 19.8 Å². The number of halogens is 1. The molecule has 104 valence electrons. The highest BCUT2D eigenvalue weighted by Gasteiger charge is 2.03. The summed E-state index contributed by atoms with van der Waals surface area (Å²) in [5.41, 5.74) is 1.25. The zero-order valence-electron chi connectivity index (χ0n) is 11.8. The number of methoxy groups -OCH3 is 2. The Morgan fingerprint density at radius 3 is 2.22 bits per heavy atom. The fourth-order valence-corrected chi connectivity index (χ4v) is 1.31. The SMILES string of the molecule is CCCCl.CNCCc1ccc(OC)c(OC)c1. The Labute approximate surface area is 115 Å². The Morgan fingerprint density at radius 2 is 1.78 bits per heavy atom. The van der Waals surface area contributed by atoms with Crippen LogP contribution >= 0.6 is 11.6 Å². The molecule has 0 aliphatic carbocycles. The van der Waals surface area contributed by atoms with E-state index in [-0.39, 0.29) is 0 Å². The van der Waals surface area contributed by atoms with Crippen molar-refractivity contribution >= 4 is 11.6 Å². The first kappa shape index (κ1) is 17.1. The van der Waals surface area contributed by atoms with Gasteiger partial charge >= 0.3 is 0 Å². The molecule has 0 fully saturated rings. The van der Waals surface area contributed by atoms with Crippen LogP contribution in [0.25, 0.3) is 0 Å². The number of ether oxygens (including phenoxy) is 2. The summed E-state index contributed by atoms with van der Waals surface area (Å²) < 4.78 is 10.4. The number of nitrogens with one attached hydrogen (secondary N) is 1. The molecule has 0 heterocycles. The van der Waals surface area contributed by atoms with Crippen LogP contribution in [-0.2, 0) is 6.42 Å². The van der Waals surface area contributed by atoms with Gasteiger partial charge in [0.25, 0.3) is 0 Å². The van der Waals surface area contributed by atoms with Crippen LogP contribution in [0.4, 0.5) is 0 Å². The lowest BCUT2D eigenvalue weighted by molar-refractivity contribution is 0.354. The first-order valence-corrected chi connectivity index (χ1v) is 6.68. The number of hydrogen-bond donors (Lipinski definition) is 1. The van der Waals surface area contributed by atoms with E-state index in [9.17, 15) is 0 Å². The van der Waals surface area contributed by atoms with Gasteiger partial charge in [0, 0.05) is 5.88 Å². The summed E-state index contributed by atoms with van der Waals surface area (Å²) in [4.78, 5) is 0. The second-order valence-corrected chi connectivity index (χ2v) is 4.11. The first-order valence-electron chi connectivity index (χ1n) is 6.14. The Bertz CT molecular complexity index is 317. The van der Waals surface area contributed by atoms with E-state index in [1.165, 1.54) is 5.56 Å². The minimum absolute atomic E-state index is 0.778. The fraction of sp³-hybridized carbons (Fsp3) is 0.571. The second-order valence-electron chi connectivity index (χ2n) is 3.73. The zero-order valence-corrected chi connectivity index (χ0v) is 12.5. The average molecular weight is 274 g/mol. The van der Waals surface area contributed by atoms with Gasteiger partial charge in [-0.25, -0.2) is 0 Å². The number of hydrogen-bond acceptors (Lipinski definition) is 3.